The Kier molecular flexibility index (Phi) is 6.04. The van der Waals surface area contributed by atoms with Gasteiger partial charge in [-0.1, -0.05) is 23.5 Å². The van der Waals surface area contributed by atoms with Gasteiger partial charge in [0.15, 0.2) is 5.13 Å². The zero-order chi connectivity index (χ0) is 24.7. The van der Waals surface area contributed by atoms with Crippen molar-refractivity contribution in [1.29, 1.82) is 0 Å². The molecule has 2 heterocycles. The first kappa shape index (κ1) is 23.6. The minimum absolute atomic E-state index is 0.137. The average Bonchev–Trinajstić information content (AvgIpc) is 3.15. The third-order valence-corrected chi connectivity index (χ3v) is 7.10. The first-order chi connectivity index (χ1) is 15.9. The number of alkyl halides is 3. The molecule has 4 rings (SSSR count). The molecule has 0 atom stereocenters. The SMILES string of the molecule is CC(=O)Nc1nc2ccc(-c3cnc(C)c(NS(=O)(=O)c4cccc(C(F)(F)F)c4)c3)cc2s1. The molecule has 2 aromatic heterocycles. The number of hydrogen-bond donors (Lipinski definition) is 2. The molecule has 0 spiro atoms. The predicted octanol–water partition coefficient (Wildman–Crippen LogP) is 5.44. The van der Waals surface area contributed by atoms with Crippen LogP contribution < -0.4 is 10.0 Å². The number of aromatic nitrogens is 2. The van der Waals surface area contributed by atoms with E-state index in [4.69, 9.17) is 0 Å². The van der Waals surface area contributed by atoms with Gasteiger partial charge in [0.25, 0.3) is 10.0 Å². The lowest BCUT2D eigenvalue weighted by atomic mass is 10.1. The van der Waals surface area contributed by atoms with Crippen molar-refractivity contribution >= 4 is 48.3 Å². The molecule has 12 heteroatoms. The minimum atomic E-state index is -4.67. The topological polar surface area (TPSA) is 101 Å². The molecule has 0 saturated heterocycles. The zero-order valence-corrected chi connectivity index (χ0v) is 19.4. The fourth-order valence-electron chi connectivity index (χ4n) is 3.15. The van der Waals surface area contributed by atoms with Crippen LogP contribution in [0.25, 0.3) is 21.3 Å². The first-order valence-corrected chi connectivity index (χ1v) is 12.1. The van der Waals surface area contributed by atoms with E-state index < -0.39 is 26.7 Å². The number of fused-ring (bicyclic) bond motifs is 1. The summed E-state index contributed by atoms with van der Waals surface area (Å²) in [5.41, 5.74) is 1.42. The molecule has 7 nitrogen and oxygen atoms in total. The van der Waals surface area contributed by atoms with Gasteiger partial charge >= 0.3 is 6.18 Å². The summed E-state index contributed by atoms with van der Waals surface area (Å²) in [7, 11) is -4.30. The molecule has 0 fully saturated rings. The number of rotatable bonds is 5. The highest BCUT2D eigenvalue weighted by Gasteiger charge is 2.31. The highest BCUT2D eigenvalue weighted by atomic mass is 32.2. The smallest absolute Gasteiger partial charge is 0.302 e. The molecular formula is C22H17F3N4O3S2. The maximum atomic E-state index is 13.0. The fourth-order valence-corrected chi connectivity index (χ4v) is 5.25. The number of nitrogens with one attached hydrogen (secondary N) is 2. The normalized spacial score (nSPS) is 12.0. The van der Waals surface area contributed by atoms with Crippen LogP contribution in [0.3, 0.4) is 0 Å². The number of benzene rings is 2. The number of pyridine rings is 1. The summed E-state index contributed by atoms with van der Waals surface area (Å²) in [5.74, 6) is -0.236. The molecule has 0 aliphatic heterocycles. The maximum absolute atomic E-state index is 13.0. The van der Waals surface area contributed by atoms with Crippen LogP contribution in [0.5, 0.6) is 0 Å². The Hall–Kier alpha value is -3.51. The van der Waals surface area contributed by atoms with E-state index in [1.807, 2.05) is 6.07 Å². The Bertz CT molecular complexity index is 1520. The number of carbonyl (C=O) groups excluding carboxylic acids is 1. The van der Waals surface area contributed by atoms with Crippen molar-refractivity contribution in [1.82, 2.24) is 9.97 Å². The lowest BCUT2D eigenvalue weighted by Crippen LogP contribution is -2.15. The number of hydrogen-bond acceptors (Lipinski definition) is 6. The zero-order valence-electron chi connectivity index (χ0n) is 17.8. The third kappa shape index (κ3) is 5.02. The molecule has 0 aliphatic carbocycles. The van der Waals surface area contributed by atoms with Crippen LogP contribution in [0, 0.1) is 6.92 Å². The Morgan fingerprint density at radius 2 is 1.82 bits per heavy atom. The summed E-state index contributed by atoms with van der Waals surface area (Å²) < 4.78 is 67.8. The third-order valence-electron chi connectivity index (χ3n) is 4.81. The van der Waals surface area contributed by atoms with E-state index in [0.29, 0.717) is 28.0 Å². The predicted molar refractivity (Wildman–Crippen MR) is 124 cm³/mol. The quantitative estimate of drug-likeness (QED) is 0.375. The molecule has 0 unspecified atom stereocenters. The van der Waals surface area contributed by atoms with Crippen molar-refractivity contribution < 1.29 is 26.4 Å². The molecule has 0 saturated carbocycles. The second kappa shape index (κ2) is 8.69. The molecule has 0 bridgehead atoms. The second-order valence-electron chi connectivity index (χ2n) is 7.37. The van der Waals surface area contributed by atoms with Gasteiger partial charge in [-0.15, -0.1) is 0 Å². The fraction of sp³-hybridized carbons (Fsp3) is 0.136. The van der Waals surface area contributed by atoms with E-state index in [1.165, 1.54) is 18.3 Å². The molecule has 2 aromatic carbocycles. The van der Waals surface area contributed by atoms with E-state index in [0.717, 1.165) is 28.5 Å². The van der Waals surface area contributed by atoms with E-state index in [1.54, 1.807) is 31.3 Å². The molecule has 34 heavy (non-hydrogen) atoms. The summed E-state index contributed by atoms with van der Waals surface area (Å²) in [4.78, 5) is 19.3. The standard InChI is InChI=1S/C22H17F3N4O3S2/c1-12-19(29-34(31,32)17-5-3-4-16(10-17)22(23,24)25)8-15(11-26-12)14-6-7-18-20(9-14)33-21(28-18)27-13(2)30/h3-11,29H,1-2H3,(H,27,28,30). The lowest BCUT2D eigenvalue weighted by molar-refractivity contribution is -0.137. The van der Waals surface area contributed by atoms with Crippen molar-refractivity contribution in [2.75, 3.05) is 10.0 Å². The van der Waals surface area contributed by atoms with Crippen LogP contribution in [-0.2, 0) is 21.0 Å². The van der Waals surface area contributed by atoms with Crippen LogP contribution in [0.15, 0.2) is 59.6 Å². The molecule has 176 valence electrons. The highest BCUT2D eigenvalue weighted by molar-refractivity contribution is 7.92. The maximum Gasteiger partial charge on any atom is 0.416 e. The van der Waals surface area contributed by atoms with Gasteiger partial charge in [0, 0.05) is 18.7 Å². The second-order valence-corrected chi connectivity index (χ2v) is 10.1. The van der Waals surface area contributed by atoms with Gasteiger partial charge in [0.1, 0.15) is 0 Å². The van der Waals surface area contributed by atoms with E-state index in [-0.39, 0.29) is 11.6 Å². The lowest BCUT2D eigenvalue weighted by Gasteiger charge is -2.13. The molecule has 0 radical (unpaired) electrons. The minimum Gasteiger partial charge on any atom is -0.302 e. The van der Waals surface area contributed by atoms with Gasteiger partial charge in [-0.3, -0.25) is 14.5 Å². The highest BCUT2D eigenvalue weighted by Crippen LogP contribution is 2.33. The number of carbonyl (C=O) groups is 1. The van der Waals surface area contributed by atoms with Crippen molar-refractivity contribution in [3.05, 3.63) is 66.0 Å². The number of thiazole rings is 1. The van der Waals surface area contributed by atoms with Crippen molar-refractivity contribution in [3.63, 3.8) is 0 Å². The monoisotopic (exact) mass is 506 g/mol. The summed E-state index contributed by atoms with van der Waals surface area (Å²) in [6, 6.07) is 10.4. The van der Waals surface area contributed by atoms with Crippen LogP contribution in [0.2, 0.25) is 0 Å². The molecule has 1 amide bonds. The summed E-state index contributed by atoms with van der Waals surface area (Å²) in [6.07, 6.45) is -3.10. The molecular weight excluding hydrogens is 489 g/mol. The van der Waals surface area contributed by atoms with E-state index in [2.05, 4.69) is 20.0 Å². The number of anilines is 2. The van der Waals surface area contributed by atoms with Crippen LogP contribution in [-0.4, -0.2) is 24.3 Å². The molecule has 0 aliphatic rings. The number of sulfonamides is 1. The van der Waals surface area contributed by atoms with Crippen LogP contribution >= 0.6 is 11.3 Å². The van der Waals surface area contributed by atoms with Gasteiger partial charge in [0.05, 0.1) is 32.1 Å². The Labute approximate surface area is 196 Å². The van der Waals surface area contributed by atoms with E-state index in [9.17, 15) is 26.4 Å². The first-order valence-electron chi connectivity index (χ1n) is 9.78. The van der Waals surface area contributed by atoms with Crippen LogP contribution in [0.4, 0.5) is 24.0 Å². The van der Waals surface area contributed by atoms with Gasteiger partial charge in [-0.05, 0) is 48.9 Å². The average molecular weight is 507 g/mol. The Balaban J connectivity index is 1.67. The largest absolute Gasteiger partial charge is 0.416 e. The van der Waals surface area contributed by atoms with Crippen molar-refractivity contribution in [2.45, 2.75) is 24.9 Å². The summed E-state index contributed by atoms with van der Waals surface area (Å²) >= 11 is 1.29. The number of nitrogens with zero attached hydrogens (tertiary/aromatic N) is 2. The number of halogens is 3. The Morgan fingerprint density at radius 1 is 1.06 bits per heavy atom. The number of amides is 1. The van der Waals surface area contributed by atoms with Gasteiger partial charge in [0.2, 0.25) is 5.91 Å². The van der Waals surface area contributed by atoms with Gasteiger partial charge < -0.3 is 5.32 Å². The van der Waals surface area contributed by atoms with E-state index >= 15 is 0 Å². The summed E-state index contributed by atoms with van der Waals surface area (Å²) in [5, 5.41) is 3.09. The van der Waals surface area contributed by atoms with Gasteiger partial charge in [-0.25, -0.2) is 13.4 Å². The Morgan fingerprint density at radius 3 is 2.53 bits per heavy atom. The molecule has 4 aromatic rings. The van der Waals surface area contributed by atoms with Crippen molar-refractivity contribution in [3.8, 4) is 11.1 Å². The van der Waals surface area contributed by atoms with Crippen molar-refractivity contribution in [2.24, 2.45) is 0 Å². The number of aryl methyl sites for hydroxylation is 1. The van der Waals surface area contributed by atoms with Gasteiger partial charge in [-0.2, -0.15) is 13.2 Å². The molecule has 2 N–H and O–H groups in total. The van der Waals surface area contributed by atoms with Crippen LogP contribution in [0.1, 0.15) is 18.2 Å². The summed E-state index contributed by atoms with van der Waals surface area (Å²) in [6.45, 7) is 2.97.